The summed E-state index contributed by atoms with van der Waals surface area (Å²) in [6, 6.07) is 0. The minimum atomic E-state index is 0.201. The van der Waals surface area contributed by atoms with Crippen LogP contribution in [0.25, 0.3) is 0 Å². The van der Waals surface area contributed by atoms with E-state index in [4.69, 9.17) is 12.6 Å². The van der Waals surface area contributed by atoms with Crippen molar-refractivity contribution in [3.63, 3.8) is 0 Å². The molecule has 0 spiro atoms. The van der Waals surface area contributed by atoms with E-state index >= 15 is 0 Å². The van der Waals surface area contributed by atoms with Gasteiger partial charge in [0.15, 0.2) is 0 Å². The summed E-state index contributed by atoms with van der Waals surface area (Å²) >= 11 is 4.85. The topological polar surface area (TPSA) is 0 Å². The van der Waals surface area contributed by atoms with E-state index in [1.165, 1.54) is 96.3 Å². The monoisotopic (exact) mass is 328 g/mol. The summed E-state index contributed by atoms with van der Waals surface area (Å²) in [5.74, 6) is 0.802. The fourth-order valence-electron chi connectivity index (χ4n) is 3.37. The van der Waals surface area contributed by atoms with Crippen LogP contribution in [0.5, 0.6) is 0 Å². The van der Waals surface area contributed by atoms with E-state index in [0.717, 1.165) is 5.92 Å². The highest BCUT2D eigenvalue weighted by molar-refractivity contribution is 7.81. The van der Waals surface area contributed by atoms with Gasteiger partial charge in [-0.15, -0.1) is 0 Å². The number of rotatable bonds is 16. The fourth-order valence-corrected chi connectivity index (χ4v) is 3.63. The Morgan fingerprint density at radius 2 is 0.909 bits per heavy atom. The van der Waals surface area contributed by atoms with E-state index in [1.807, 2.05) is 0 Å². The van der Waals surface area contributed by atoms with Gasteiger partial charge in [-0.1, -0.05) is 111 Å². The van der Waals surface area contributed by atoms with Crippen LogP contribution in [-0.4, -0.2) is 4.75 Å². The van der Waals surface area contributed by atoms with E-state index in [2.05, 4.69) is 27.7 Å². The molecular formula is C21H44S. The Morgan fingerprint density at radius 1 is 0.591 bits per heavy atom. The van der Waals surface area contributed by atoms with E-state index in [0.29, 0.717) is 0 Å². The van der Waals surface area contributed by atoms with Crippen molar-refractivity contribution in [3.05, 3.63) is 0 Å². The lowest BCUT2D eigenvalue weighted by Crippen LogP contribution is -2.24. The molecule has 0 N–H and O–H groups in total. The van der Waals surface area contributed by atoms with Crippen molar-refractivity contribution in [2.75, 3.05) is 0 Å². The zero-order chi connectivity index (χ0) is 16.7. The molecule has 0 rings (SSSR count). The van der Waals surface area contributed by atoms with Crippen molar-refractivity contribution in [1.29, 1.82) is 0 Å². The predicted molar refractivity (Wildman–Crippen MR) is 107 cm³/mol. The molecule has 0 aliphatic heterocycles. The number of hydrogen-bond acceptors (Lipinski definition) is 1. The van der Waals surface area contributed by atoms with Crippen molar-refractivity contribution < 1.29 is 0 Å². The Kier molecular flexibility index (Phi) is 15.1. The van der Waals surface area contributed by atoms with Crippen molar-refractivity contribution in [2.24, 2.45) is 5.92 Å². The van der Waals surface area contributed by atoms with Crippen LogP contribution in [0.1, 0.15) is 124 Å². The highest BCUT2D eigenvalue weighted by atomic mass is 32.1. The third-order valence-corrected chi connectivity index (χ3v) is 5.43. The zero-order valence-electron chi connectivity index (χ0n) is 16.1. The molecule has 0 saturated heterocycles. The maximum Gasteiger partial charge on any atom is 0.0101 e. The molecule has 134 valence electrons. The van der Waals surface area contributed by atoms with Gasteiger partial charge in [0.1, 0.15) is 0 Å². The average molecular weight is 329 g/mol. The van der Waals surface area contributed by atoms with Gasteiger partial charge in [-0.3, -0.25) is 0 Å². The van der Waals surface area contributed by atoms with E-state index in [-0.39, 0.29) is 4.75 Å². The number of unbranched alkanes of at least 4 members (excludes halogenated alkanes) is 11. The second-order valence-corrected chi connectivity index (χ2v) is 8.97. The molecule has 0 nitrogen and oxygen atoms in total. The molecule has 0 heterocycles. The van der Waals surface area contributed by atoms with Gasteiger partial charge in [0, 0.05) is 4.75 Å². The summed E-state index contributed by atoms with van der Waals surface area (Å²) in [6.45, 7) is 9.21. The molecule has 1 atom stereocenters. The number of hydrogen-bond donors (Lipinski definition) is 1. The smallest absolute Gasteiger partial charge is 0.0101 e. The Bertz CT molecular complexity index is 216. The van der Waals surface area contributed by atoms with E-state index in [9.17, 15) is 0 Å². The molecule has 0 aromatic rings. The fraction of sp³-hybridized carbons (Fsp3) is 1.00. The maximum absolute atomic E-state index is 4.85. The molecule has 0 aromatic carbocycles. The minimum absolute atomic E-state index is 0.201. The van der Waals surface area contributed by atoms with Crippen molar-refractivity contribution in [2.45, 2.75) is 129 Å². The Hall–Kier alpha value is 0.350. The van der Waals surface area contributed by atoms with Gasteiger partial charge in [0.25, 0.3) is 0 Å². The van der Waals surface area contributed by atoms with Gasteiger partial charge in [-0.2, -0.15) is 12.6 Å². The van der Waals surface area contributed by atoms with Gasteiger partial charge in [-0.25, -0.2) is 0 Å². The lowest BCUT2D eigenvalue weighted by Gasteiger charge is -2.30. The van der Waals surface area contributed by atoms with Gasteiger partial charge in [-0.05, 0) is 18.8 Å². The highest BCUT2D eigenvalue weighted by Gasteiger charge is 2.24. The van der Waals surface area contributed by atoms with Gasteiger partial charge in [0.05, 0.1) is 0 Å². The summed E-state index contributed by atoms with van der Waals surface area (Å²) in [6.07, 6.45) is 21.2. The SMILES string of the molecule is CCCCCCCCCCCCC(CCCCC)C(C)(C)S. The van der Waals surface area contributed by atoms with Crippen LogP contribution in [0.3, 0.4) is 0 Å². The Balaban J connectivity index is 3.55. The van der Waals surface area contributed by atoms with Crippen molar-refractivity contribution in [1.82, 2.24) is 0 Å². The van der Waals surface area contributed by atoms with Crippen LogP contribution in [-0.2, 0) is 0 Å². The molecule has 0 aliphatic rings. The van der Waals surface area contributed by atoms with Gasteiger partial charge >= 0.3 is 0 Å². The number of thiol groups is 1. The Labute approximate surface area is 147 Å². The lowest BCUT2D eigenvalue weighted by atomic mass is 9.85. The zero-order valence-corrected chi connectivity index (χ0v) is 17.0. The largest absolute Gasteiger partial charge is 0.173 e. The standard InChI is InChI=1S/C21H44S/c1-5-7-9-10-11-12-13-14-15-17-19-20(21(3,4)22)18-16-8-6-2/h20,22H,5-19H2,1-4H3. The van der Waals surface area contributed by atoms with Crippen molar-refractivity contribution in [3.8, 4) is 0 Å². The van der Waals surface area contributed by atoms with Crippen LogP contribution in [0, 0.1) is 5.92 Å². The summed E-state index contributed by atoms with van der Waals surface area (Å²) in [5, 5.41) is 0. The molecule has 0 bridgehead atoms. The van der Waals surface area contributed by atoms with Crippen LogP contribution in [0.4, 0.5) is 0 Å². The molecular weight excluding hydrogens is 284 g/mol. The van der Waals surface area contributed by atoms with Crippen LogP contribution < -0.4 is 0 Å². The molecule has 1 unspecified atom stereocenters. The normalized spacial score (nSPS) is 13.5. The lowest BCUT2D eigenvalue weighted by molar-refractivity contribution is 0.344. The first kappa shape index (κ1) is 22.4. The first-order valence-electron chi connectivity index (χ1n) is 10.2. The molecule has 0 aromatic heterocycles. The third-order valence-electron chi connectivity index (χ3n) is 5.06. The van der Waals surface area contributed by atoms with Gasteiger partial charge < -0.3 is 0 Å². The molecule has 0 saturated carbocycles. The summed E-state index contributed by atoms with van der Waals surface area (Å²) in [5.41, 5.74) is 0. The van der Waals surface area contributed by atoms with Crippen molar-refractivity contribution >= 4 is 12.6 Å². The van der Waals surface area contributed by atoms with Crippen LogP contribution in [0.2, 0.25) is 0 Å². The molecule has 0 aliphatic carbocycles. The highest BCUT2D eigenvalue weighted by Crippen LogP contribution is 2.33. The molecule has 22 heavy (non-hydrogen) atoms. The Morgan fingerprint density at radius 3 is 1.32 bits per heavy atom. The summed E-state index contributed by atoms with van der Waals surface area (Å²) in [4.78, 5) is 0. The third kappa shape index (κ3) is 14.0. The molecule has 1 heteroatoms. The first-order chi connectivity index (χ1) is 10.5. The predicted octanol–water partition coefficient (Wildman–Crippen LogP) is 8.20. The molecule has 0 fully saturated rings. The second kappa shape index (κ2) is 14.9. The van der Waals surface area contributed by atoms with E-state index in [1.54, 1.807) is 0 Å². The quantitative estimate of drug-likeness (QED) is 0.214. The molecule has 0 amide bonds. The van der Waals surface area contributed by atoms with E-state index < -0.39 is 0 Å². The minimum Gasteiger partial charge on any atom is -0.173 e. The maximum atomic E-state index is 4.85. The van der Waals surface area contributed by atoms with Crippen LogP contribution >= 0.6 is 12.6 Å². The summed E-state index contributed by atoms with van der Waals surface area (Å²) < 4.78 is 0.201. The average Bonchev–Trinajstić information content (AvgIpc) is 2.46. The van der Waals surface area contributed by atoms with Crippen LogP contribution in [0.15, 0.2) is 0 Å². The second-order valence-electron chi connectivity index (χ2n) is 7.82. The first-order valence-corrected chi connectivity index (χ1v) is 10.7. The molecule has 0 radical (unpaired) electrons. The van der Waals surface area contributed by atoms with Gasteiger partial charge in [0.2, 0.25) is 0 Å². The summed E-state index contributed by atoms with van der Waals surface area (Å²) in [7, 11) is 0.